The molecule has 1 N–H and O–H groups in total. The summed E-state index contributed by atoms with van der Waals surface area (Å²) in [7, 11) is 0. The number of carboxylic acids is 1. The summed E-state index contributed by atoms with van der Waals surface area (Å²) in [5.74, 6) is -6.22. The van der Waals surface area contributed by atoms with Crippen molar-refractivity contribution in [2.75, 3.05) is 0 Å². The van der Waals surface area contributed by atoms with Gasteiger partial charge in [0.05, 0.1) is 5.56 Å². The third kappa shape index (κ3) is 4.78. The first-order chi connectivity index (χ1) is 13.6. The lowest BCUT2D eigenvalue weighted by molar-refractivity contribution is -0.365. The highest BCUT2D eigenvalue weighted by Gasteiger charge is 2.75. The normalized spacial score (nSPS) is 16.9. The quantitative estimate of drug-likeness (QED) is 0.490. The summed E-state index contributed by atoms with van der Waals surface area (Å²) >= 11 is 0. The number of benzene rings is 1. The molecule has 1 aliphatic rings. The van der Waals surface area contributed by atoms with Crippen LogP contribution < -0.4 is 4.74 Å². The summed E-state index contributed by atoms with van der Waals surface area (Å²) in [5, 5.41) is 8.53. The fourth-order valence-corrected chi connectivity index (χ4v) is 3.14. The molecule has 12 heteroatoms. The lowest BCUT2D eigenvalue weighted by atomic mass is 9.97. The van der Waals surface area contributed by atoms with Crippen molar-refractivity contribution < 1.29 is 54.9 Å². The molecule has 168 valence electrons. The van der Waals surface area contributed by atoms with Crippen LogP contribution in [0.5, 0.6) is 5.75 Å². The van der Waals surface area contributed by atoms with Crippen molar-refractivity contribution in [2.45, 2.75) is 62.6 Å². The maximum atomic E-state index is 14.3. The molecule has 0 aromatic heterocycles. The molecule has 1 aromatic carbocycles. The van der Waals surface area contributed by atoms with Crippen molar-refractivity contribution in [2.24, 2.45) is 0 Å². The van der Waals surface area contributed by atoms with Crippen LogP contribution in [0.2, 0.25) is 0 Å². The number of carbonyl (C=O) groups excluding carboxylic acids is 1. The molecule has 30 heavy (non-hydrogen) atoms. The SMILES string of the molecule is CC1(Oc2ccc(C(=O)OC(CC(=O)O)(C(F)(F)F)C(F)(F)F)cc2F)CCCC1. The summed E-state index contributed by atoms with van der Waals surface area (Å²) in [5.41, 5.74) is -6.96. The van der Waals surface area contributed by atoms with Gasteiger partial charge in [-0.05, 0) is 50.8 Å². The molecule has 0 saturated heterocycles. The summed E-state index contributed by atoms with van der Waals surface area (Å²) in [6, 6.07) is 1.99. The molecule has 0 bridgehead atoms. The number of alkyl halides is 6. The first-order valence-electron chi connectivity index (χ1n) is 8.67. The number of esters is 1. The van der Waals surface area contributed by atoms with Gasteiger partial charge in [-0.15, -0.1) is 0 Å². The molecule has 0 unspecified atom stereocenters. The Morgan fingerprint density at radius 1 is 1.07 bits per heavy atom. The second-order valence-electron chi connectivity index (χ2n) is 7.19. The molecule has 0 spiro atoms. The lowest BCUT2D eigenvalue weighted by Crippen LogP contribution is -2.60. The Balaban J connectivity index is 2.33. The topological polar surface area (TPSA) is 72.8 Å². The number of ether oxygens (including phenoxy) is 2. The Morgan fingerprint density at radius 2 is 1.60 bits per heavy atom. The van der Waals surface area contributed by atoms with Crippen LogP contribution in [0.15, 0.2) is 18.2 Å². The Hall–Kier alpha value is -2.53. The fourth-order valence-electron chi connectivity index (χ4n) is 3.14. The van der Waals surface area contributed by atoms with Crippen LogP contribution in [0.4, 0.5) is 30.7 Å². The minimum absolute atomic E-state index is 0.334. The molecule has 1 fully saturated rings. The molecule has 1 saturated carbocycles. The third-order valence-corrected chi connectivity index (χ3v) is 4.77. The Bertz CT molecular complexity index is 796. The third-order valence-electron chi connectivity index (χ3n) is 4.77. The summed E-state index contributed by atoms with van der Waals surface area (Å²) in [6.07, 6.45) is -12.3. The van der Waals surface area contributed by atoms with Gasteiger partial charge in [0.1, 0.15) is 12.0 Å². The maximum absolute atomic E-state index is 14.3. The number of rotatable bonds is 6. The van der Waals surface area contributed by atoms with Gasteiger partial charge in [-0.2, -0.15) is 26.3 Å². The summed E-state index contributed by atoms with van der Waals surface area (Å²) in [6.45, 7) is 1.72. The van der Waals surface area contributed by atoms with Crippen molar-refractivity contribution in [3.05, 3.63) is 29.6 Å². The largest absolute Gasteiger partial charge is 0.485 e. The number of carbonyl (C=O) groups is 2. The van der Waals surface area contributed by atoms with E-state index in [0.29, 0.717) is 18.9 Å². The second-order valence-corrected chi connectivity index (χ2v) is 7.19. The number of aliphatic carboxylic acids is 1. The van der Waals surface area contributed by atoms with E-state index in [1.54, 1.807) is 6.92 Å². The van der Waals surface area contributed by atoms with Crippen molar-refractivity contribution in [1.29, 1.82) is 0 Å². The van der Waals surface area contributed by atoms with Gasteiger partial charge in [0.2, 0.25) is 0 Å². The molecule has 0 aliphatic heterocycles. The van der Waals surface area contributed by atoms with Crippen LogP contribution in [-0.2, 0) is 9.53 Å². The summed E-state index contributed by atoms with van der Waals surface area (Å²) < 4.78 is 102. The molecule has 5 nitrogen and oxygen atoms in total. The molecule has 2 rings (SSSR count). The van der Waals surface area contributed by atoms with Crippen LogP contribution in [-0.4, -0.2) is 40.6 Å². The van der Waals surface area contributed by atoms with E-state index < -0.39 is 53.3 Å². The minimum atomic E-state index is -6.29. The monoisotopic (exact) mass is 446 g/mol. The standard InChI is InChI=1S/C18H17F7O5/c1-15(6-2-3-7-15)29-12-5-4-10(8-11(12)19)14(28)30-16(9-13(26)27,17(20,21)22)18(23,24)25/h4-5,8H,2-3,6-7,9H2,1H3,(H,26,27). The van der Waals surface area contributed by atoms with E-state index in [9.17, 15) is 40.3 Å². The Morgan fingerprint density at radius 3 is 2.03 bits per heavy atom. The van der Waals surface area contributed by atoms with E-state index in [1.165, 1.54) is 0 Å². The zero-order chi connectivity index (χ0) is 23.0. The predicted molar refractivity (Wildman–Crippen MR) is 86.4 cm³/mol. The van der Waals surface area contributed by atoms with Crippen LogP contribution in [0, 0.1) is 5.82 Å². The summed E-state index contributed by atoms with van der Waals surface area (Å²) in [4.78, 5) is 22.6. The van der Waals surface area contributed by atoms with Gasteiger partial charge in [0, 0.05) is 0 Å². The van der Waals surface area contributed by atoms with Crippen LogP contribution in [0.25, 0.3) is 0 Å². The van der Waals surface area contributed by atoms with Crippen LogP contribution in [0.3, 0.4) is 0 Å². The highest BCUT2D eigenvalue weighted by Crippen LogP contribution is 2.48. The molecule has 0 heterocycles. The van der Waals surface area contributed by atoms with Crippen molar-refractivity contribution >= 4 is 11.9 Å². The van der Waals surface area contributed by atoms with Crippen molar-refractivity contribution in [1.82, 2.24) is 0 Å². The van der Waals surface area contributed by atoms with Gasteiger partial charge in [-0.25, -0.2) is 9.18 Å². The minimum Gasteiger partial charge on any atom is -0.485 e. The molecule has 0 amide bonds. The van der Waals surface area contributed by atoms with Gasteiger partial charge in [-0.3, -0.25) is 4.79 Å². The molecule has 0 atom stereocenters. The van der Waals surface area contributed by atoms with Crippen molar-refractivity contribution in [3.8, 4) is 5.75 Å². The fraction of sp³-hybridized carbons (Fsp3) is 0.556. The highest BCUT2D eigenvalue weighted by atomic mass is 19.4. The van der Waals surface area contributed by atoms with Gasteiger partial charge >= 0.3 is 29.9 Å². The van der Waals surface area contributed by atoms with E-state index in [0.717, 1.165) is 25.0 Å². The average Bonchev–Trinajstić information content (AvgIpc) is 3.00. The second kappa shape index (κ2) is 7.95. The number of carboxylic acid groups (broad SMARTS) is 1. The Labute approximate surface area is 165 Å². The molecule has 1 aromatic rings. The first-order valence-corrected chi connectivity index (χ1v) is 8.67. The van der Waals surface area contributed by atoms with E-state index in [1.807, 2.05) is 0 Å². The van der Waals surface area contributed by atoms with Gasteiger partial charge in [-0.1, -0.05) is 0 Å². The van der Waals surface area contributed by atoms with E-state index >= 15 is 0 Å². The molecule has 0 radical (unpaired) electrons. The number of hydrogen-bond acceptors (Lipinski definition) is 4. The van der Waals surface area contributed by atoms with E-state index in [4.69, 9.17) is 9.84 Å². The molecular formula is C18H17F7O5. The maximum Gasteiger partial charge on any atom is 0.438 e. The number of halogens is 7. The van der Waals surface area contributed by atoms with Crippen molar-refractivity contribution in [3.63, 3.8) is 0 Å². The Kier molecular flexibility index (Phi) is 6.29. The van der Waals surface area contributed by atoms with E-state index in [-0.39, 0.29) is 5.75 Å². The van der Waals surface area contributed by atoms with Gasteiger partial charge in [0.15, 0.2) is 11.6 Å². The average molecular weight is 446 g/mol. The predicted octanol–water partition coefficient (Wildman–Crippen LogP) is 5.03. The van der Waals surface area contributed by atoms with Gasteiger partial charge < -0.3 is 14.6 Å². The molecular weight excluding hydrogens is 429 g/mol. The van der Waals surface area contributed by atoms with E-state index in [2.05, 4.69) is 4.74 Å². The van der Waals surface area contributed by atoms with Crippen LogP contribution in [0.1, 0.15) is 49.4 Å². The highest BCUT2D eigenvalue weighted by molar-refractivity contribution is 5.90. The van der Waals surface area contributed by atoms with Gasteiger partial charge in [0.25, 0.3) is 0 Å². The zero-order valence-electron chi connectivity index (χ0n) is 15.5. The molecule has 1 aliphatic carbocycles. The lowest BCUT2D eigenvalue weighted by Gasteiger charge is -2.35. The number of hydrogen-bond donors (Lipinski definition) is 1. The van der Waals surface area contributed by atoms with Crippen LogP contribution >= 0.6 is 0 Å². The first kappa shape index (κ1) is 23.7. The smallest absolute Gasteiger partial charge is 0.438 e. The zero-order valence-corrected chi connectivity index (χ0v) is 15.5.